The van der Waals surface area contributed by atoms with E-state index in [2.05, 4.69) is 36.5 Å². The lowest BCUT2D eigenvalue weighted by Gasteiger charge is -2.07. The first-order valence-electron chi connectivity index (χ1n) is 6.92. The van der Waals surface area contributed by atoms with Gasteiger partial charge in [0.2, 0.25) is 0 Å². The highest BCUT2D eigenvalue weighted by atomic mass is 79.9. The summed E-state index contributed by atoms with van der Waals surface area (Å²) < 4.78 is 0.892. The monoisotopic (exact) mass is 368 g/mol. The minimum absolute atomic E-state index is 0.253. The van der Waals surface area contributed by atoms with Gasteiger partial charge in [0.15, 0.2) is 0 Å². The molecule has 0 aliphatic heterocycles. The summed E-state index contributed by atoms with van der Waals surface area (Å²) in [6, 6.07) is 17.0. The summed E-state index contributed by atoms with van der Waals surface area (Å²) in [6.07, 6.45) is 2.97. The molecule has 0 fully saturated rings. The lowest BCUT2D eigenvalue weighted by molar-refractivity contribution is 0.102. The maximum atomic E-state index is 12.1. The first-order valence-corrected chi connectivity index (χ1v) is 7.71. The van der Waals surface area contributed by atoms with E-state index in [4.69, 9.17) is 0 Å². The minimum atomic E-state index is -0.304. The predicted octanol–water partition coefficient (Wildman–Crippen LogP) is 4.24. The number of benzene rings is 2. The van der Waals surface area contributed by atoms with Crippen molar-refractivity contribution in [3.05, 3.63) is 77.2 Å². The number of nitrogens with zero attached hydrogens (tertiary/aromatic N) is 2. The fourth-order valence-corrected chi connectivity index (χ4v) is 2.34. The quantitative estimate of drug-likeness (QED) is 0.722. The fourth-order valence-electron chi connectivity index (χ4n) is 1.94. The summed E-state index contributed by atoms with van der Waals surface area (Å²) >= 11 is 3.36. The molecule has 0 spiro atoms. The topological polar surface area (TPSA) is 66.9 Å². The average Bonchev–Trinajstić information content (AvgIpc) is 2.56. The Labute approximate surface area is 141 Å². The van der Waals surface area contributed by atoms with Gasteiger partial charge in [-0.1, -0.05) is 40.2 Å². The van der Waals surface area contributed by atoms with Gasteiger partial charge >= 0.3 is 0 Å². The Morgan fingerprint density at radius 3 is 2.39 bits per heavy atom. The van der Waals surface area contributed by atoms with Gasteiger partial charge in [0.25, 0.3) is 5.91 Å². The predicted molar refractivity (Wildman–Crippen MR) is 93.9 cm³/mol. The van der Waals surface area contributed by atoms with Crippen LogP contribution in [0.4, 0.5) is 17.2 Å². The Balaban J connectivity index is 1.68. The van der Waals surface area contributed by atoms with E-state index in [1.165, 1.54) is 12.4 Å². The summed E-state index contributed by atoms with van der Waals surface area (Å²) in [7, 11) is 0. The molecule has 5 nitrogen and oxygen atoms in total. The smallest absolute Gasteiger partial charge is 0.275 e. The molecule has 0 atom stereocenters. The first-order chi connectivity index (χ1) is 11.2. The number of rotatable bonds is 4. The number of hydrogen-bond donors (Lipinski definition) is 2. The zero-order valence-corrected chi connectivity index (χ0v) is 13.6. The number of amides is 1. The van der Waals surface area contributed by atoms with Crippen LogP contribution in [0.3, 0.4) is 0 Å². The Hall–Kier alpha value is -2.73. The van der Waals surface area contributed by atoms with E-state index in [1.54, 1.807) is 6.07 Å². The molecule has 0 bridgehead atoms. The van der Waals surface area contributed by atoms with Crippen molar-refractivity contribution in [2.24, 2.45) is 0 Å². The molecule has 2 N–H and O–H groups in total. The number of aromatic nitrogens is 2. The Morgan fingerprint density at radius 1 is 0.913 bits per heavy atom. The van der Waals surface area contributed by atoms with Crippen molar-refractivity contribution in [1.82, 2.24) is 9.97 Å². The van der Waals surface area contributed by atoms with Crippen molar-refractivity contribution in [2.45, 2.75) is 0 Å². The van der Waals surface area contributed by atoms with Crippen molar-refractivity contribution < 1.29 is 4.79 Å². The Morgan fingerprint density at radius 2 is 1.70 bits per heavy atom. The van der Waals surface area contributed by atoms with Gasteiger partial charge in [0.05, 0.1) is 12.4 Å². The van der Waals surface area contributed by atoms with Crippen LogP contribution in [0.5, 0.6) is 0 Å². The third kappa shape index (κ3) is 4.14. The molecule has 3 rings (SSSR count). The van der Waals surface area contributed by atoms with E-state index in [9.17, 15) is 4.79 Å². The molecule has 0 aliphatic rings. The number of anilines is 3. The third-order valence-electron chi connectivity index (χ3n) is 3.01. The molecule has 1 aromatic heterocycles. The molecular formula is C17H13BrN4O. The van der Waals surface area contributed by atoms with Gasteiger partial charge in [-0.3, -0.25) is 4.79 Å². The van der Waals surface area contributed by atoms with Crippen LogP contribution in [0.25, 0.3) is 0 Å². The van der Waals surface area contributed by atoms with Gasteiger partial charge in [-0.05, 0) is 30.3 Å². The molecule has 2 aromatic carbocycles. The van der Waals surface area contributed by atoms with Crippen LogP contribution in [0, 0.1) is 0 Å². The molecule has 0 aliphatic carbocycles. The summed E-state index contributed by atoms with van der Waals surface area (Å²) in [5.41, 5.74) is 1.86. The normalized spacial score (nSPS) is 10.1. The van der Waals surface area contributed by atoms with E-state index in [1.807, 2.05) is 48.5 Å². The number of carbonyl (C=O) groups excluding carboxylic acids is 1. The van der Waals surface area contributed by atoms with Gasteiger partial charge in [0.1, 0.15) is 11.5 Å². The van der Waals surface area contributed by atoms with Gasteiger partial charge in [-0.15, -0.1) is 0 Å². The zero-order valence-electron chi connectivity index (χ0n) is 12.0. The van der Waals surface area contributed by atoms with Gasteiger partial charge in [0, 0.05) is 15.8 Å². The molecule has 23 heavy (non-hydrogen) atoms. The molecule has 114 valence electrons. The molecule has 1 amide bonds. The van der Waals surface area contributed by atoms with Crippen LogP contribution in [-0.2, 0) is 0 Å². The van der Waals surface area contributed by atoms with Crippen molar-refractivity contribution in [3.63, 3.8) is 0 Å². The Bertz CT molecular complexity index is 806. The molecule has 0 saturated carbocycles. The lowest BCUT2D eigenvalue weighted by Crippen LogP contribution is -2.14. The molecule has 3 aromatic rings. The van der Waals surface area contributed by atoms with Crippen LogP contribution in [0.2, 0.25) is 0 Å². The standard InChI is InChI=1S/C17H13BrN4O/c18-12-5-4-8-14(9-12)22-17(23)15-10-20-16(11-19-15)21-13-6-2-1-3-7-13/h1-11H,(H,20,21)(H,22,23). The second-order valence-electron chi connectivity index (χ2n) is 4.74. The maximum Gasteiger partial charge on any atom is 0.275 e. The molecule has 1 heterocycles. The largest absolute Gasteiger partial charge is 0.339 e. The number of nitrogens with one attached hydrogen (secondary N) is 2. The second-order valence-corrected chi connectivity index (χ2v) is 5.66. The summed E-state index contributed by atoms with van der Waals surface area (Å²) in [6.45, 7) is 0. The zero-order chi connectivity index (χ0) is 16.1. The van der Waals surface area contributed by atoms with Crippen LogP contribution in [-0.4, -0.2) is 15.9 Å². The number of hydrogen-bond acceptors (Lipinski definition) is 4. The van der Waals surface area contributed by atoms with E-state index < -0.39 is 0 Å². The van der Waals surface area contributed by atoms with E-state index >= 15 is 0 Å². The molecular weight excluding hydrogens is 356 g/mol. The summed E-state index contributed by atoms with van der Waals surface area (Å²) in [5, 5.41) is 5.89. The fraction of sp³-hybridized carbons (Fsp3) is 0. The molecule has 6 heteroatoms. The lowest BCUT2D eigenvalue weighted by atomic mass is 10.3. The van der Waals surface area contributed by atoms with Gasteiger partial charge < -0.3 is 10.6 Å². The van der Waals surface area contributed by atoms with E-state index in [0.717, 1.165) is 10.2 Å². The maximum absolute atomic E-state index is 12.1. The van der Waals surface area contributed by atoms with Crippen LogP contribution in [0.1, 0.15) is 10.5 Å². The average molecular weight is 369 g/mol. The third-order valence-corrected chi connectivity index (χ3v) is 3.51. The molecule has 0 saturated heterocycles. The number of carbonyl (C=O) groups is 1. The van der Waals surface area contributed by atoms with Gasteiger partial charge in [-0.2, -0.15) is 0 Å². The number of para-hydroxylation sites is 1. The Kier molecular flexibility index (Phi) is 4.63. The van der Waals surface area contributed by atoms with Crippen molar-refractivity contribution in [3.8, 4) is 0 Å². The second kappa shape index (κ2) is 7.02. The van der Waals surface area contributed by atoms with E-state index in [-0.39, 0.29) is 11.6 Å². The number of halogens is 1. The van der Waals surface area contributed by atoms with Crippen molar-refractivity contribution in [2.75, 3.05) is 10.6 Å². The van der Waals surface area contributed by atoms with Crippen LogP contribution >= 0.6 is 15.9 Å². The highest BCUT2D eigenvalue weighted by Crippen LogP contribution is 2.17. The van der Waals surface area contributed by atoms with Gasteiger partial charge in [-0.25, -0.2) is 9.97 Å². The summed E-state index contributed by atoms with van der Waals surface area (Å²) in [4.78, 5) is 20.5. The molecule has 0 unspecified atom stereocenters. The van der Waals surface area contributed by atoms with E-state index in [0.29, 0.717) is 11.5 Å². The summed E-state index contributed by atoms with van der Waals surface area (Å²) in [5.74, 6) is 0.275. The molecule has 0 radical (unpaired) electrons. The highest BCUT2D eigenvalue weighted by Gasteiger charge is 2.08. The van der Waals surface area contributed by atoms with Crippen molar-refractivity contribution in [1.29, 1.82) is 0 Å². The van der Waals surface area contributed by atoms with Crippen molar-refractivity contribution >= 4 is 39.0 Å². The SMILES string of the molecule is O=C(Nc1cccc(Br)c1)c1cnc(Nc2ccccc2)cn1. The highest BCUT2D eigenvalue weighted by molar-refractivity contribution is 9.10. The minimum Gasteiger partial charge on any atom is -0.339 e. The first kappa shape index (κ1) is 15.2. The van der Waals surface area contributed by atoms with Crippen LogP contribution < -0.4 is 10.6 Å². The van der Waals surface area contributed by atoms with Crippen LogP contribution in [0.15, 0.2) is 71.5 Å².